The van der Waals surface area contributed by atoms with Crippen molar-refractivity contribution in [1.29, 1.82) is 0 Å². The maximum absolute atomic E-state index is 8.64. The Kier molecular flexibility index (Phi) is 7.52. The van der Waals surface area contributed by atoms with E-state index in [1.165, 1.54) is 44.1 Å². The van der Waals surface area contributed by atoms with Gasteiger partial charge in [0, 0.05) is 11.1 Å². The van der Waals surface area contributed by atoms with Gasteiger partial charge in [-0.15, -0.1) is 0 Å². The van der Waals surface area contributed by atoms with Crippen molar-refractivity contribution in [2.45, 2.75) is 44.9 Å². The van der Waals surface area contributed by atoms with Crippen LogP contribution in [0.25, 0.3) is 0 Å². The van der Waals surface area contributed by atoms with Gasteiger partial charge in [0.25, 0.3) is 0 Å². The second kappa shape index (κ2) is 8.77. The predicted molar refractivity (Wildman–Crippen MR) is 72.6 cm³/mol. The first kappa shape index (κ1) is 13.7. The summed E-state index contributed by atoms with van der Waals surface area (Å²) in [6, 6.07) is 8.60. The number of aliphatic hydroxyl groups excluding tert-OH is 1. The molecule has 90 valence electrons. The van der Waals surface area contributed by atoms with Gasteiger partial charge in [-0.3, -0.25) is 0 Å². The maximum Gasteiger partial charge on any atom is 0.0431 e. The van der Waals surface area contributed by atoms with E-state index >= 15 is 0 Å². The second-order valence-electron chi connectivity index (χ2n) is 4.22. The van der Waals surface area contributed by atoms with Crippen LogP contribution in [-0.4, -0.2) is 11.7 Å². The lowest BCUT2D eigenvalue weighted by molar-refractivity contribution is 0.282. The number of hydrogen-bond acceptors (Lipinski definition) is 1. The Hall–Kier alpha value is -0.340. The minimum Gasteiger partial charge on any atom is -0.396 e. The molecule has 0 aromatic heterocycles. The summed E-state index contributed by atoms with van der Waals surface area (Å²) >= 11 is 3.44. The van der Waals surface area contributed by atoms with E-state index in [0.29, 0.717) is 6.61 Å². The summed E-state index contributed by atoms with van der Waals surface area (Å²) in [7, 11) is 0. The van der Waals surface area contributed by atoms with E-state index in [1.54, 1.807) is 0 Å². The van der Waals surface area contributed by atoms with E-state index < -0.39 is 0 Å². The van der Waals surface area contributed by atoms with Crippen LogP contribution in [0.2, 0.25) is 0 Å². The first-order chi connectivity index (χ1) is 7.83. The molecule has 0 saturated carbocycles. The van der Waals surface area contributed by atoms with Crippen molar-refractivity contribution in [2.75, 3.05) is 6.61 Å². The van der Waals surface area contributed by atoms with E-state index in [-0.39, 0.29) is 0 Å². The van der Waals surface area contributed by atoms with Crippen LogP contribution in [0.4, 0.5) is 0 Å². The van der Waals surface area contributed by atoms with Gasteiger partial charge >= 0.3 is 0 Å². The zero-order chi connectivity index (χ0) is 11.6. The molecule has 0 aliphatic heterocycles. The molecule has 0 heterocycles. The van der Waals surface area contributed by atoms with Crippen molar-refractivity contribution >= 4 is 15.9 Å². The molecule has 0 unspecified atom stereocenters. The first-order valence-electron chi connectivity index (χ1n) is 6.18. The zero-order valence-electron chi connectivity index (χ0n) is 9.79. The topological polar surface area (TPSA) is 20.2 Å². The van der Waals surface area contributed by atoms with Crippen LogP contribution < -0.4 is 0 Å². The Morgan fingerprint density at radius 3 is 2.00 bits per heavy atom. The summed E-state index contributed by atoms with van der Waals surface area (Å²) < 4.78 is 1.15. The van der Waals surface area contributed by atoms with Gasteiger partial charge in [0.2, 0.25) is 0 Å². The first-order valence-corrected chi connectivity index (χ1v) is 6.97. The van der Waals surface area contributed by atoms with Crippen molar-refractivity contribution in [1.82, 2.24) is 0 Å². The molecule has 0 aliphatic carbocycles. The van der Waals surface area contributed by atoms with Gasteiger partial charge in [-0.25, -0.2) is 0 Å². The molecular weight excluding hydrogens is 264 g/mol. The summed E-state index contributed by atoms with van der Waals surface area (Å²) in [5, 5.41) is 8.64. The minimum atomic E-state index is 0.346. The highest BCUT2D eigenvalue weighted by molar-refractivity contribution is 9.10. The molecule has 1 nitrogen and oxygen atoms in total. The fraction of sp³-hybridized carbons (Fsp3) is 0.571. The van der Waals surface area contributed by atoms with Gasteiger partial charge in [-0.05, 0) is 37.0 Å². The molecule has 0 fully saturated rings. The van der Waals surface area contributed by atoms with Crippen LogP contribution in [-0.2, 0) is 6.42 Å². The van der Waals surface area contributed by atoms with E-state index in [4.69, 9.17) is 5.11 Å². The molecule has 1 rings (SSSR count). The average molecular weight is 285 g/mol. The largest absolute Gasteiger partial charge is 0.396 e. The smallest absolute Gasteiger partial charge is 0.0431 e. The highest BCUT2D eigenvalue weighted by Crippen LogP contribution is 2.13. The van der Waals surface area contributed by atoms with E-state index in [2.05, 4.69) is 40.2 Å². The van der Waals surface area contributed by atoms with Gasteiger partial charge in [0.15, 0.2) is 0 Å². The quantitative estimate of drug-likeness (QED) is 0.705. The number of aryl methyl sites for hydroxylation is 1. The Balaban J connectivity index is 2.01. The van der Waals surface area contributed by atoms with Crippen molar-refractivity contribution in [3.05, 3.63) is 34.3 Å². The normalized spacial score (nSPS) is 10.6. The van der Waals surface area contributed by atoms with Gasteiger partial charge in [0.05, 0.1) is 0 Å². The monoisotopic (exact) mass is 284 g/mol. The van der Waals surface area contributed by atoms with Crippen molar-refractivity contribution in [2.24, 2.45) is 0 Å². The number of rotatable bonds is 8. The Bertz CT molecular complexity index is 269. The Morgan fingerprint density at radius 1 is 0.812 bits per heavy atom. The number of unbranched alkanes of at least 4 members (excludes halogenated alkanes) is 5. The minimum absolute atomic E-state index is 0.346. The SMILES string of the molecule is OCCCCCCCCc1ccc(Br)cc1. The van der Waals surface area contributed by atoms with Crippen LogP contribution in [0.15, 0.2) is 28.7 Å². The van der Waals surface area contributed by atoms with Gasteiger partial charge in [-0.2, -0.15) is 0 Å². The predicted octanol–water partition coefficient (Wildman–Crippen LogP) is 4.32. The summed E-state index contributed by atoms with van der Waals surface area (Å²) in [4.78, 5) is 0. The van der Waals surface area contributed by atoms with Crippen LogP contribution in [0.1, 0.15) is 44.1 Å². The maximum atomic E-state index is 8.64. The van der Waals surface area contributed by atoms with Crippen LogP contribution in [0, 0.1) is 0 Å². The molecule has 0 spiro atoms. The molecule has 1 aromatic carbocycles. The van der Waals surface area contributed by atoms with Crippen molar-refractivity contribution in [3.8, 4) is 0 Å². The van der Waals surface area contributed by atoms with Gasteiger partial charge < -0.3 is 5.11 Å². The lowest BCUT2D eigenvalue weighted by Gasteiger charge is -2.02. The molecule has 0 radical (unpaired) electrons. The average Bonchev–Trinajstić information content (AvgIpc) is 2.30. The second-order valence-corrected chi connectivity index (χ2v) is 5.14. The molecule has 0 aliphatic rings. The molecular formula is C14H21BrO. The van der Waals surface area contributed by atoms with Gasteiger partial charge in [0.1, 0.15) is 0 Å². The van der Waals surface area contributed by atoms with E-state index in [1.807, 2.05) is 0 Å². The van der Waals surface area contributed by atoms with E-state index in [9.17, 15) is 0 Å². The van der Waals surface area contributed by atoms with Crippen molar-refractivity contribution in [3.63, 3.8) is 0 Å². The summed E-state index contributed by atoms with van der Waals surface area (Å²) in [5.74, 6) is 0. The molecule has 0 bridgehead atoms. The lowest BCUT2D eigenvalue weighted by Crippen LogP contribution is -1.87. The van der Waals surface area contributed by atoms with E-state index in [0.717, 1.165) is 10.9 Å². The fourth-order valence-corrected chi connectivity index (χ4v) is 2.06. The van der Waals surface area contributed by atoms with Crippen LogP contribution in [0.3, 0.4) is 0 Å². The third kappa shape index (κ3) is 6.29. The zero-order valence-corrected chi connectivity index (χ0v) is 11.4. The lowest BCUT2D eigenvalue weighted by atomic mass is 10.1. The third-order valence-corrected chi connectivity index (χ3v) is 3.32. The number of benzene rings is 1. The molecule has 0 amide bonds. The molecule has 16 heavy (non-hydrogen) atoms. The summed E-state index contributed by atoms with van der Waals surface area (Å²) in [5.41, 5.74) is 1.43. The Labute approximate surface area is 107 Å². The molecule has 1 N–H and O–H groups in total. The Morgan fingerprint density at radius 2 is 1.38 bits per heavy atom. The molecule has 1 aromatic rings. The van der Waals surface area contributed by atoms with Gasteiger partial charge in [-0.1, -0.05) is 53.7 Å². The van der Waals surface area contributed by atoms with Crippen molar-refractivity contribution < 1.29 is 5.11 Å². The van der Waals surface area contributed by atoms with Crippen LogP contribution in [0.5, 0.6) is 0 Å². The number of aliphatic hydroxyl groups is 1. The number of hydrogen-bond donors (Lipinski definition) is 1. The summed E-state index contributed by atoms with van der Waals surface area (Å²) in [6.07, 6.45) is 8.48. The molecule has 0 saturated heterocycles. The fourth-order valence-electron chi connectivity index (χ4n) is 1.80. The molecule has 2 heteroatoms. The highest BCUT2D eigenvalue weighted by atomic mass is 79.9. The third-order valence-electron chi connectivity index (χ3n) is 2.79. The summed E-state index contributed by atoms with van der Waals surface area (Å²) in [6.45, 7) is 0.346. The standard InChI is InChI=1S/C14H21BrO/c15-14-10-8-13(9-11-14)7-5-3-1-2-4-6-12-16/h8-11,16H,1-7,12H2. The number of halogens is 1. The van der Waals surface area contributed by atoms with Crippen LogP contribution >= 0.6 is 15.9 Å². The highest BCUT2D eigenvalue weighted by Gasteiger charge is 1.94. The molecule has 0 atom stereocenters.